The summed E-state index contributed by atoms with van der Waals surface area (Å²) in [5, 5.41) is 9.14. The molecule has 2 atom stereocenters. The topological polar surface area (TPSA) is 55.8 Å². The van der Waals surface area contributed by atoms with E-state index in [0.717, 1.165) is 31.9 Å². The highest BCUT2D eigenvalue weighted by Gasteiger charge is 2.54. The number of aliphatic hydroxyl groups excluding tert-OH is 1. The molecule has 2 unspecified atom stereocenters. The van der Waals surface area contributed by atoms with Crippen molar-refractivity contribution in [2.75, 3.05) is 13.2 Å². The SMILES string of the molecule is CC12CCC3(CC1CC/C(=C\O)C2=O)OCCO3. The largest absolute Gasteiger partial charge is 0.515 e. The lowest BCUT2D eigenvalue weighted by molar-refractivity contribution is -0.207. The molecule has 18 heavy (non-hydrogen) atoms. The summed E-state index contributed by atoms with van der Waals surface area (Å²) in [5.74, 6) is -0.000106. The van der Waals surface area contributed by atoms with E-state index >= 15 is 0 Å². The molecular weight excluding hydrogens is 232 g/mol. The summed E-state index contributed by atoms with van der Waals surface area (Å²) in [7, 11) is 0. The summed E-state index contributed by atoms with van der Waals surface area (Å²) in [6.07, 6.45) is 4.98. The third kappa shape index (κ3) is 1.62. The molecular formula is C14H20O4. The van der Waals surface area contributed by atoms with E-state index in [-0.39, 0.29) is 11.2 Å². The Morgan fingerprint density at radius 2 is 2.06 bits per heavy atom. The van der Waals surface area contributed by atoms with Crippen molar-refractivity contribution in [2.24, 2.45) is 11.3 Å². The smallest absolute Gasteiger partial charge is 0.168 e. The Morgan fingerprint density at radius 3 is 2.72 bits per heavy atom. The second-order valence-electron chi connectivity index (χ2n) is 5.95. The molecule has 100 valence electrons. The third-order valence-corrected chi connectivity index (χ3v) is 5.03. The fourth-order valence-electron chi connectivity index (χ4n) is 3.77. The van der Waals surface area contributed by atoms with E-state index in [1.807, 2.05) is 6.92 Å². The van der Waals surface area contributed by atoms with Gasteiger partial charge in [0, 0.05) is 23.8 Å². The highest BCUT2D eigenvalue weighted by atomic mass is 16.7. The van der Waals surface area contributed by atoms with E-state index in [1.54, 1.807) is 0 Å². The second kappa shape index (κ2) is 4.07. The zero-order chi connectivity index (χ0) is 12.8. The third-order valence-electron chi connectivity index (χ3n) is 5.03. The lowest BCUT2D eigenvalue weighted by atomic mass is 9.57. The minimum atomic E-state index is -0.426. The van der Waals surface area contributed by atoms with E-state index in [4.69, 9.17) is 14.6 Å². The first-order valence-corrected chi connectivity index (χ1v) is 6.76. The minimum absolute atomic E-state index is 0.120. The van der Waals surface area contributed by atoms with Gasteiger partial charge in [-0.25, -0.2) is 0 Å². The average Bonchev–Trinajstić information content (AvgIpc) is 2.82. The zero-order valence-corrected chi connectivity index (χ0v) is 10.8. The van der Waals surface area contributed by atoms with Gasteiger partial charge >= 0.3 is 0 Å². The molecule has 2 aliphatic carbocycles. The molecule has 4 nitrogen and oxygen atoms in total. The highest BCUT2D eigenvalue weighted by Crippen LogP contribution is 2.54. The van der Waals surface area contributed by atoms with Crippen LogP contribution in [0, 0.1) is 11.3 Å². The predicted octanol–water partition coefficient (Wildman–Crippen LogP) is 2.34. The summed E-state index contributed by atoms with van der Waals surface area (Å²) in [5.41, 5.74) is 0.242. The minimum Gasteiger partial charge on any atom is -0.515 e. The number of ketones is 1. The van der Waals surface area contributed by atoms with Crippen molar-refractivity contribution < 1.29 is 19.4 Å². The molecule has 1 spiro atoms. The second-order valence-corrected chi connectivity index (χ2v) is 5.95. The summed E-state index contributed by atoms with van der Waals surface area (Å²) < 4.78 is 11.5. The van der Waals surface area contributed by atoms with Crippen LogP contribution in [0.1, 0.15) is 39.0 Å². The Morgan fingerprint density at radius 1 is 1.33 bits per heavy atom. The molecule has 2 saturated carbocycles. The van der Waals surface area contributed by atoms with E-state index in [1.165, 1.54) is 0 Å². The van der Waals surface area contributed by atoms with Crippen molar-refractivity contribution in [3.05, 3.63) is 11.8 Å². The van der Waals surface area contributed by atoms with Gasteiger partial charge in [-0.2, -0.15) is 0 Å². The summed E-state index contributed by atoms with van der Waals surface area (Å²) in [4.78, 5) is 12.4. The van der Waals surface area contributed by atoms with Gasteiger partial charge in [0.15, 0.2) is 11.6 Å². The number of Topliss-reactive ketones (excluding diaryl/α,β-unsaturated/α-hetero) is 1. The fraction of sp³-hybridized carbons (Fsp3) is 0.786. The number of carbonyl (C=O) groups excluding carboxylic acids is 1. The Balaban J connectivity index is 1.84. The van der Waals surface area contributed by atoms with E-state index in [9.17, 15) is 4.79 Å². The van der Waals surface area contributed by atoms with Gasteiger partial charge < -0.3 is 14.6 Å². The van der Waals surface area contributed by atoms with Gasteiger partial charge in [0.1, 0.15) is 0 Å². The van der Waals surface area contributed by atoms with Crippen LogP contribution in [0.15, 0.2) is 11.8 Å². The molecule has 3 fully saturated rings. The standard InChI is InChI=1S/C14H20O4/c1-13-4-5-14(17-6-7-18-14)8-11(13)3-2-10(9-15)12(13)16/h9,11,15H,2-8H2,1H3/b10-9+. The molecule has 0 amide bonds. The molecule has 1 heterocycles. The van der Waals surface area contributed by atoms with Crippen LogP contribution in [0.3, 0.4) is 0 Å². The van der Waals surface area contributed by atoms with Crippen LogP contribution < -0.4 is 0 Å². The monoisotopic (exact) mass is 252 g/mol. The number of hydrogen-bond donors (Lipinski definition) is 1. The van der Waals surface area contributed by atoms with Crippen molar-refractivity contribution in [3.8, 4) is 0 Å². The number of carbonyl (C=O) groups is 1. The van der Waals surface area contributed by atoms with Gasteiger partial charge in [-0.15, -0.1) is 0 Å². The number of aliphatic hydroxyl groups is 1. The first-order chi connectivity index (χ1) is 8.60. The predicted molar refractivity (Wildman–Crippen MR) is 65.0 cm³/mol. The maximum absolute atomic E-state index is 12.4. The van der Waals surface area contributed by atoms with Crippen LogP contribution in [0.25, 0.3) is 0 Å². The molecule has 4 heteroatoms. The van der Waals surface area contributed by atoms with Crippen molar-refractivity contribution in [1.29, 1.82) is 0 Å². The Kier molecular flexibility index (Phi) is 2.75. The molecule has 1 N–H and O–H groups in total. The Hall–Kier alpha value is -0.870. The van der Waals surface area contributed by atoms with Crippen molar-refractivity contribution in [3.63, 3.8) is 0 Å². The van der Waals surface area contributed by atoms with Gasteiger partial charge in [-0.05, 0) is 25.2 Å². The summed E-state index contributed by atoms with van der Waals surface area (Å²) in [6, 6.07) is 0. The molecule has 0 radical (unpaired) electrons. The van der Waals surface area contributed by atoms with Crippen LogP contribution in [-0.4, -0.2) is 29.9 Å². The Labute approximate surface area is 107 Å². The maximum Gasteiger partial charge on any atom is 0.168 e. The zero-order valence-electron chi connectivity index (χ0n) is 10.8. The molecule has 0 aromatic heterocycles. The quantitative estimate of drug-likeness (QED) is 0.531. The number of fused-ring (bicyclic) bond motifs is 1. The first-order valence-electron chi connectivity index (χ1n) is 6.76. The van der Waals surface area contributed by atoms with Crippen LogP contribution in [0.2, 0.25) is 0 Å². The Bertz CT molecular complexity index is 395. The number of allylic oxidation sites excluding steroid dienone is 1. The highest BCUT2D eigenvalue weighted by molar-refractivity contribution is 6.00. The average molecular weight is 252 g/mol. The summed E-state index contributed by atoms with van der Waals surface area (Å²) >= 11 is 0. The lowest BCUT2D eigenvalue weighted by Gasteiger charge is -2.49. The van der Waals surface area contributed by atoms with Gasteiger partial charge in [0.05, 0.1) is 19.5 Å². The maximum atomic E-state index is 12.4. The number of hydrogen-bond acceptors (Lipinski definition) is 4. The first kappa shape index (κ1) is 12.2. The number of rotatable bonds is 0. The van der Waals surface area contributed by atoms with Gasteiger partial charge in [0.2, 0.25) is 0 Å². The van der Waals surface area contributed by atoms with Gasteiger partial charge in [0.25, 0.3) is 0 Å². The molecule has 0 aromatic carbocycles. The molecule has 0 bridgehead atoms. The molecule has 3 rings (SSSR count). The van der Waals surface area contributed by atoms with Crippen LogP contribution >= 0.6 is 0 Å². The number of ether oxygens (including phenoxy) is 2. The van der Waals surface area contributed by atoms with E-state index in [0.29, 0.717) is 31.1 Å². The van der Waals surface area contributed by atoms with Crippen LogP contribution in [0.5, 0.6) is 0 Å². The van der Waals surface area contributed by atoms with E-state index < -0.39 is 5.79 Å². The van der Waals surface area contributed by atoms with Crippen LogP contribution in [0.4, 0.5) is 0 Å². The molecule has 1 aliphatic heterocycles. The molecule has 1 saturated heterocycles. The van der Waals surface area contributed by atoms with Gasteiger partial charge in [-0.1, -0.05) is 6.92 Å². The lowest BCUT2D eigenvalue weighted by Crippen LogP contribution is -2.50. The van der Waals surface area contributed by atoms with Gasteiger partial charge in [-0.3, -0.25) is 4.79 Å². The fourth-order valence-corrected chi connectivity index (χ4v) is 3.77. The molecule has 3 aliphatic rings. The molecule has 0 aromatic rings. The normalized spacial score (nSPS) is 41.3. The van der Waals surface area contributed by atoms with Crippen molar-refractivity contribution in [2.45, 2.75) is 44.8 Å². The van der Waals surface area contributed by atoms with E-state index in [2.05, 4.69) is 0 Å². The summed E-state index contributed by atoms with van der Waals surface area (Å²) in [6.45, 7) is 3.36. The van der Waals surface area contributed by atoms with Crippen molar-refractivity contribution in [1.82, 2.24) is 0 Å². The van der Waals surface area contributed by atoms with Crippen molar-refractivity contribution >= 4 is 5.78 Å². The van der Waals surface area contributed by atoms with Crippen LogP contribution in [-0.2, 0) is 14.3 Å².